The second kappa shape index (κ2) is 9.49. The number of aromatic nitrogens is 5. The number of nitrogens with zero attached hydrogens (tertiary/aromatic N) is 6. The van der Waals surface area contributed by atoms with Gasteiger partial charge in [0.1, 0.15) is 23.2 Å². The van der Waals surface area contributed by atoms with Gasteiger partial charge in [-0.2, -0.15) is 5.10 Å². The summed E-state index contributed by atoms with van der Waals surface area (Å²) >= 11 is 6.70. The summed E-state index contributed by atoms with van der Waals surface area (Å²) in [6.45, 7) is 7.52. The third-order valence-electron chi connectivity index (χ3n) is 6.67. The predicted octanol–water partition coefficient (Wildman–Crippen LogP) is 4.89. The first-order chi connectivity index (χ1) is 17.5. The van der Waals surface area contributed by atoms with Crippen molar-refractivity contribution in [1.82, 2.24) is 24.1 Å². The smallest absolute Gasteiger partial charge is 0.167 e. The minimum Gasteiger partial charge on any atom is -0.379 e. The molecule has 9 nitrogen and oxygen atoms in total. The quantitative estimate of drug-likeness (QED) is 0.406. The molecule has 0 bridgehead atoms. The lowest BCUT2D eigenvalue weighted by atomic mass is 10.0. The number of hydrogen-bond acceptors (Lipinski definition) is 7. The summed E-state index contributed by atoms with van der Waals surface area (Å²) in [6, 6.07) is -0.000251. The first-order valence-electron chi connectivity index (χ1n) is 12.5. The molecule has 0 saturated carbocycles. The monoisotopic (exact) mass is 513 g/mol. The van der Waals surface area contributed by atoms with Crippen molar-refractivity contribution in [3.8, 4) is 11.3 Å². The molecular weight excluding hydrogens is 485 g/mol. The zero-order valence-corrected chi connectivity index (χ0v) is 21.1. The van der Waals surface area contributed by atoms with Crippen molar-refractivity contribution in [1.29, 1.82) is 0 Å². The van der Waals surface area contributed by atoms with Gasteiger partial charge in [-0.05, 0) is 33.1 Å². The van der Waals surface area contributed by atoms with Crippen LogP contribution in [0.3, 0.4) is 0 Å². The fourth-order valence-electron chi connectivity index (χ4n) is 4.91. The largest absolute Gasteiger partial charge is 0.379 e. The highest BCUT2D eigenvalue weighted by atomic mass is 35.5. The molecule has 1 atom stereocenters. The number of halogens is 2. The number of imidazole rings is 1. The number of ether oxygens (including phenoxy) is 2. The molecule has 2 aliphatic heterocycles. The van der Waals surface area contributed by atoms with Gasteiger partial charge in [0.15, 0.2) is 11.5 Å². The number of anilines is 2. The van der Waals surface area contributed by atoms with Crippen LogP contribution >= 0.6 is 11.6 Å². The molecule has 4 aromatic rings. The van der Waals surface area contributed by atoms with Crippen molar-refractivity contribution in [2.24, 2.45) is 0 Å². The Morgan fingerprint density at radius 3 is 2.72 bits per heavy atom. The van der Waals surface area contributed by atoms with Crippen LogP contribution in [-0.4, -0.2) is 63.1 Å². The van der Waals surface area contributed by atoms with E-state index in [1.54, 1.807) is 10.9 Å². The Morgan fingerprint density at radius 2 is 1.97 bits per heavy atom. The number of morpholine rings is 1. The average molecular weight is 514 g/mol. The van der Waals surface area contributed by atoms with Crippen molar-refractivity contribution in [2.45, 2.75) is 45.4 Å². The first-order valence-corrected chi connectivity index (χ1v) is 12.8. The van der Waals surface area contributed by atoms with Crippen molar-refractivity contribution >= 4 is 39.7 Å². The molecule has 0 aliphatic carbocycles. The van der Waals surface area contributed by atoms with Gasteiger partial charge in [0.25, 0.3) is 0 Å². The van der Waals surface area contributed by atoms with Gasteiger partial charge in [0.2, 0.25) is 0 Å². The number of hydrogen-bond donors (Lipinski definition) is 1. The van der Waals surface area contributed by atoms with Crippen molar-refractivity contribution < 1.29 is 13.9 Å². The second-order valence-corrected chi connectivity index (χ2v) is 9.98. The van der Waals surface area contributed by atoms with E-state index in [0.29, 0.717) is 47.9 Å². The third-order valence-corrected chi connectivity index (χ3v) is 7.03. The molecule has 3 aromatic heterocycles. The Bertz CT molecular complexity index is 1410. The van der Waals surface area contributed by atoms with E-state index in [9.17, 15) is 0 Å². The van der Waals surface area contributed by atoms with E-state index in [0.717, 1.165) is 43.6 Å². The van der Waals surface area contributed by atoms with Gasteiger partial charge in [0.05, 0.1) is 36.3 Å². The molecule has 0 radical (unpaired) electrons. The van der Waals surface area contributed by atoms with E-state index in [1.807, 2.05) is 36.8 Å². The molecule has 1 N–H and O–H groups in total. The summed E-state index contributed by atoms with van der Waals surface area (Å²) < 4.78 is 30.8. The van der Waals surface area contributed by atoms with Crippen LogP contribution < -0.4 is 10.2 Å². The van der Waals surface area contributed by atoms with E-state index in [4.69, 9.17) is 31.2 Å². The zero-order valence-electron chi connectivity index (χ0n) is 20.4. The lowest BCUT2D eigenvalue weighted by molar-refractivity contribution is -0.0390. The summed E-state index contributed by atoms with van der Waals surface area (Å²) in [6.07, 6.45) is 10.2. The van der Waals surface area contributed by atoms with E-state index >= 15 is 4.39 Å². The molecule has 1 aromatic carbocycles. The molecule has 6 rings (SSSR count). The minimum atomic E-state index is -0.538. The van der Waals surface area contributed by atoms with Crippen LogP contribution in [0.25, 0.3) is 27.8 Å². The van der Waals surface area contributed by atoms with Gasteiger partial charge < -0.3 is 24.1 Å². The van der Waals surface area contributed by atoms with E-state index in [1.165, 1.54) is 0 Å². The maximum absolute atomic E-state index is 15.7. The summed E-state index contributed by atoms with van der Waals surface area (Å²) in [4.78, 5) is 11.5. The van der Waals surface area contributed by atoms with E-state index < -0.39 is 5.82 Å². The molecule has 2 fully saturated rings. The Kier molecular flexibility index (Phi) is 6.18. The molecule has 0 spiro atoms. The number of rotatable bonds is 5. The van der Waals surface area contributed by atoms with Crippen LogP contribution in [0.4, 0.5) is 15.9 Å². The van der Waals surface area contributed by atoms with Crippen LogP contribution in [0.5, 0.6) is 0 Å². The van der Waals surface area contributed by atoms with Crippen molar-refractivity contribution in [2.75, 3.05) is 43.1 Å². The molecular formula is C25H29ClFN7O2. The Balaban J connectivity index is 1.49. The predicted molar refractivity (Wildman–Crippen MR) is 137 cm³/mol. The van der Waals surface area contributed by atoms with Gasteiger partial charge in [-0.3, -0.25) is 4.98 Å². The van der Waals surface area contributed by atoms with Crippen LogP contribution in [0, 0.1) is 5.82 Å². The maximum Gasteiger partial charge on any atom is 0.167 e. The summed E-state index contributed by atoms with van der Waals surface area (Å²) in [5, 5.41) is 8.69. The van der Waals surface area contributed by atoms with Crippen LogP contribution in [0.1, 0.15) is 39.3 Å². The van der Waals surface area contributed by atoms with Gasteiger partial charge in [-0.25, -0.2) is 14.1 Å². The van der Waals surface area contributed by atoms with E-state index in [-0.39, 0.29) is 17.3 Å². The lowest BCUT2D eigenvalue weighted by Crippen LogP contribution is -2.36. The minimum absolute atomic E-state index is 0.000251. The molecule has 190 valence electrons. The normalized spacial score (nSPS) is 19.0. The van der Waals surface area contributed by atoms with Crippen molar-refractivity contribution in [3.05, 3.63) is 35.6 Å². The number of fused-ring (bicyclic) bond motifs is 2. The Hall–Kier alpha value is -2.95. The summed E-state index contributed by atoms with van der Waals surface area (Å²) in [7, 11) is 0. The number of benzene rings is 1. The SMILES string of the molecule is CC(C)Nc1c(F)c(Cl)c(-c2cn3cc(N4CCOCC4)nc3cn2)c2cn(C3CCCCO3)nc12. The fraction of sp³-hybridized carbons (Fsp3) is 0.480. The van der Waals surface area contributed by atoms with Crippen molar-refractivity contribution in [3.63, 3.8) is 0 Å². The second-order valence-electron chi connectivity index (χ2n) is 9.61. The molecule has 2 saturated heterocycles. The van der Waals surface area contributed by atoms with Crippen LogP contribution in [0.2, 0.25) is 5.02 Å². The molecule has 11 heteroatoms. The molecule has 1 unspecified atom stereocenters. The highest BCUT2D eigenvalue weighted by Gasteiger charge is 2.26. The Morgan fingerprint density at radius 1 is 1.14 bits per heavy atom. The Labute approximate surface area is 213 Å². The molecule has 36 heavy (non-hydrogen) atoms. The van der Waals surface area contributed by atoms with Crippen LogP contribution in [0.15, 0.2) is 24.8 Å². The molecule has 0 amide bonds. The standard InChI is InChI=1S/C25H29ClFN7O2/c1-15(2)29-25-23(27)22(26)21(16-12-34(31-24(16)25)20-5-3-4-8-36-20)17-13-33-14-19(30-18(33)11-28-17)32-6-9-35-10-7-32/h11-15,20,29H,3-10H2,1-2H3. The highest BCUT2D eigenvalue weighted by Crippen LogP contribution is 2.42. The third kappa shape index (κ3) is 4.16. The number of nitrogens with one attached hydrogen (secondary N) is 1. The first kappa shape index (κ1) is 23.4. The molecule has 5 heterocycles. The van der Waals surface area contributed by atoms with Gasteiger partial charge in [0, 0.05) is 49.1 Å². The summed E-state index contributed by atoms with van der Waals surface area (Å²) in [5.74, 6) is 0.322. The van der Waals surface area contributed by atoms with Gasteiger partial charge in [-0.15, -0.1) is 0 Å². The highest BCUT2D eigenvalue weighted by molar-refractivity contribution is 6.35. The maximum atomic E-state index is 15.7. The van der Waals surface area contributed by atoms with Gasteiger partial charge >= 0.3 is 0 Å². The van der Waals surface area contributed by atoms with Gasteiger partial charge in [-0.1, -0.05) is 11.6 Å². The van der Waals surface area contributed by atoms with Crippen LogP contribution in [-0.2, 0) is 9.47 Å². The summed E-state index contributed by atoms with van der Waals surface area (Å²) in [5.41, 5.74) is 2.56. The average Bonchev–Trinajstić information content (AvgIpc) is 3.52. The zero-order chi connectivity index (χ0) is 24.8. The topological polar surface area (TPSA) is 81.7 Å². The molecule has 2 aliphatic rings. The lowest BCUT2D eigenvalue weighted by Gasteiger charge is -2.26. The fourth-order valence-corrected chi connectivity index (χ4v) is 5.20. The van der Waals surface area contributed by atoms with E-state index in [2.05, 4.69) is 15.2 Å².